The maximum Gasteiger partial charge on any atom is 0.262 e. The molecule has 0 saturated heterocycles. The van der Waals surface area contributed by atoms with Crippen LogP contribution >= 0.6 is 0 Å². The second-order valence-electron chi connectivity index (χ2n) is 9.13. The van der Waals surface area contributed by atoms with E-state index in [1.165, 1.54) is 6.92 Å². The predicted molar refractivity (Wildman–Crippen MR) is 132 cm³/mol. The Morgan fingerprint density at radius 2 is 2.00 bits per heavy atom. The highest BCUT2D eigenvalue weighted by atomic mass is 16.3. The minimum Gasteiger partial charge on any atom is -0.383 e. The van der Waals surface area contributed by atoms with E-state index in [2.05, 4.69) is 36.0 Å². The minimum atomic E-state index is -1.68. The lowest BCUT2D eigenvalue weighted by Gasteiger charge is -2.14. The summed E-state index contributed by atoms with van der Waals surface area (Å²) in [5.74, 6) is 0.869. The van der Waals surface area contributed by atoms with Gasteiger partial charge in [0, 0.05) is 48.1 Å². The van der Waals surface area contributed by atoms with Gasteiger partial charge in [-0.1, -0.05) is 0 Å². The van der Waals surface area contributed by atoms with E-state index in [-0.39, 0.29) is 18.1 Å². The molecule has 36 heavy (non-hydrogen) atoms. The molecule has 182 valence electrons. The molecule has 0 unspecified atom stereocenters. The van der Waals surface area contributed by atoms with Gasteiger partial charge >= 0.3 is 0 Å². The van der Waals surface area contributed by atoms with Crippen LogP contribution in [0.3, 0.4) is 0 Å². The third-order valence-electron chi connectivity index (χ3n) is 6.62. The number of nitrogens with zero attached hydrogens (tertiary/aromatic N) is 5. The van der Waals surface area contributed by atoms with Crippen LogP contribution in [0, 0.1) is 6.92 Å². The molecule has 6 N–H and O–H groups in total. The largest absolute Gasteiger partial charge is 0.383 e. The summed E-state index contributed by atoms with van der Waals surface area (Å²) in [6.07, 6.45) is 3.93. The van der Waals surface area contributed by atoms with Gasteiger partial charge in [-0.15, -0.1) is 0 Å². The number of hydrogen-bond acceptors (Lipinski definition) is 9. The molecule has 6 heterocycles. The van der Waals surface area contributed by atoms with Crippen LogP contribution in [0.4, 0.5) is 23.1 Å². The number of carbonyl (C=O) groups is 2. The topological polar surface area (TPSA) is 173 Å². The van der Waals surface area contributed by atoms with Gasteiger partial charge in [0.15, 0.2) is 11.4 Å². The molecule has 0 fully saturated rings. The maximum absolute atomic E-state index is 12.2. The van der Waals surface area contributed by atoms with Crippen LogP contribution in [0.2, 0.25) is 0 Å². The van der Waals surface area contributed by atoms with Crippen molar-refractivity contribution in [3.8, 4) is 11.3 Å². The van der Waals surface area contributed by atoms with E-state index in [1.807, 2.05) is 25.1 Å². The van der Waals surface area contributed by atoms with E-state index in [1.54, 1.807) is 17.1 Å². The molecule has 12 nitrogen and oxygen atoms in total. The van der Waals surface area contributed by atoms with E-state index in [0.717, 1.165) is 16.6 Å². The minimum absolute atomic E-state index is 0.0674. The first-order valence-corrected chi connectivity index (χ1v) is 11.4. The molecular weight excluding hydrogens is 462 g/mol. The normalized spacial score (nSPS) is 18.9. The molecule has 0 radical (unpaired) electrons. The lowest BCUT2D eigenvalue weighted by molar-refractivity contribution is -0.132. The molecule has 4 aromatic heterocycles. The van der Waals surface area contributed by atoms with E-state index in [0.29, 0.717) is 52.8 Å². The van der Waals surface area contributed by atoms with E-state index < -0.39 is 11.5 Å². The fraction of sp³-hybridized carbons (Fsp3) is 0.250. The van der Waals surface area contributed by atoms with Crippen LogP contribution in [0.25, 0.3) is 22.0 Å². The molecule has 6 rings (SSSR count). The summed E-state index contributed by atoms with van der Waals surface area (Å²) in [5, 5.41) is 25.2. The maximum atomic E-state index is 12.2. The Labute approximate surface area is 205 Å². The zero-order valence-corrected chi connectivity index (χ0v) is 19.6. The van der Waals surface area contributed by atoms with Crippen LogP contribution < -0.4 is 21.7 Å². The summed E-state index contributed by atoms with van der Waals surface area (Å²) in [6.45, 7) is 4.01. The van der Waals surface area contributed by atoms with Crippen molar-refractivity contribution >= 4 is 45.7 Å². The van der Waals surface area contributed by atoms with Crippen molar-refractivity contribution in [2.24, 2.45) is 0 Å². The van der Waals surface area contributed by atoms with Gasteiger partial charge in [-0.3, -0.25) is 19.3 Å². The Balaban J connectivity index is 1.36. The molecule has 2 amide bonds. The van der Waals surface area contributed by atoms with Crippen LogP contribution in [0.5, 0.6) is 0 Å². The third-order valence-corrected chi connectivity index (χ3v) is 6.62. The molecular formula is C24H23N9O3. The summed E-state index contributed by atoms with van der Waals surface area (Å²) in [4.78, 5) is 37.3. The Kier molecular flexibility index (Phi) is 4.70. The Morgan fingerprint density at radius 3 is 2.83 bits per heavy atom. The van der Waals surface area contributed by atoms with Gasteiger partial charge in [-0.05, 0) is 36.9 Å². The van der Waals surface area contributed by atoms with Gasteiger partial charge in [0.05, 0.1) is 11.4 Å². The van der Waals surface area contributed by atoms with E-state index in [9.17, 15) is 14.7 Å². The molecule has 0 aromatic carbocycles. The highest BCUT2D eigenvalue weighted by Crippen LogP contribution is 2.40. The highest BCUT2D eigenvalue weighted by Gasteiger charge is 2.43. The number of amides is 2. The molecule has 4 aromatic rings. The molecule has 2 aliphatic heterocycles. The van der Waals surface area contributed by atoms with Crippen molar-refractivity contribution in [1.29, 1.82) is 0 Å². The van der Waals surface area contributed by atoms with Crippen molar-refractivity contribution in [3.05, 3.63) is 47.5 Å². The number of aromatic nitrogens is 5. The third kappa shape index (κ3) is 3.41. The first-order chi connectivity index (χ1) is 17.2. The highest BCUT2D eigenvalue weighted by molar-refractivity contribution is 6.05. The molecule has 2 aliphatic rings. The Hall–Kier alpha value is -4.58. The Bertz CT molecular complexity index is 1590. The zero-order valence-electron chi connectivity index (χ0n) is 19.6. The number of aliphatic hydroxyl groups is 1. The summed E-state index contributed by atoms with van der Waals surface area (Å²) in [6, 6.07) is 5.62. The number of pyridine rings is 3. The van der Waals surface area contributed by atoms with Crippen molar-refractivity contribution < 1.29 is 14.7 Å². The van der Waals surface area contributed by atoms with Crippen LogP contribution in [-0.2, 0) is 28.2 Å². The van der Waals surface area contributed by atoms with Crippen molar-refractivity contribution in [2.45, 2.75) is 32.4 Å². The summed E-state index contributed by atoms with van der Waals surface area (Å²) in [7, 11) is 0. The summed E-state index contributed by atoms with van der Waals surface area (Å²) >= 11 is 0. The van der Waals surface area contributed by atoms with Crippen molar-refractivity contribution in [3.63, 3.8) is 0 Å². The first-order valence-electron chi connectivity index (χ1n) is 11.4. The van der Waals surface area contributed by atoms with Gasteiger partial charge in [-0.25, -0.2) is 9.97 Å². The number of hydrogen-bond donors (Lipinski definition) is 5. The molecule has 12 heteroatoms. The number of nitrogens with one attached hydrogen (secondary N) is 3. The van der Waals surface area contributed by atoms with Crippen LogP contribution in [0.1, 0.15) is 23.9 Å². The quantitative estimate of drug-likeness (QED) is 0.287. The van der Waals surface area contributed by atoms with Crippen LogP contribution in [-0.4, -0.2) is 48.2 Å². The smallest absolute Gasteiger partial charge is 0.262 e. The van der Waals surface area contributed by atoms with E-state index >= 15 is 0 Å². The first kappa shape index (κ1) is 21.9. The van der Waals surface area contributed by atoms with Crippen LogP contribution in [0.15, 0.2) is 30.6 Å². The van der Waals surface area contributed by atoms with Gasteiger partial charge < -0.3 is 26.8 Å². The number of fused-ring (bicyclic) bond motifs is 3. The molecule has 0 aliphatic carbocycles. The van der Waals surface area contributed by atoms with Gasteiger partial charge in [-0.2, -0.15) is 5.10 Å². The summed E-state index contributed by atoms with van der Waals surface area (Å²) in [5.41, 5.74) is 8.29. The number of nitrogens with two attached hydrogens (primary N) is 1. The number of nitrogen functional groups attached to an aromatic ring is 1. The number of rotatable bonds is 3. The van der Waals surface area contributed by atoms with Gasteiger partial charge in [0.2, 0.25) is 5.91 Å². The SMILES string of the molecule is Cc1c(-c2cc3cc(Nc4cc5n(n4)CC(=O)NCC5)ncc3c(N)n2)cnc2c1NC(=O)[C@]2(C)O. The molecule has 0 spiro atoms. The second kappa shape index (κ2) is 7.71. The van der Waals surface area contributed by atoms with E-state index in [4.69, 9.17) is 5.73 Å². The fourth-order valence-electron chi connectivity index (χ4n) is 4.61. The van der Waals surface area contributed by atoms with Gasteiger partial charge in [0.1, 0.15) is 23.9 Å². The fourth-order valence-corrected chi connectivity index (χ4v) is 4.61. The molecule has 1 atom stereocenters. The standard InChI is InChI=1S/C24H23N9O3/c1-11-14(8-28-21-20(11)31-23(35)24(21,2)36)16-5-12-6-17(27-9-15(12)22(25)29-16)30-18-7-13-3-4-26-19(34)10-33(13)32-18/h5-9,36H,3-4,10H2,1-2H3,(H2,25,29)(H,26,34)(H,31,35)(H,27,30,32)/t24-/m1/s1. The van der Waals surface area contributed by atoms with Crippen molar-refractivity contribution in [1.82, 2.24) is 30.0 Å². The second-order valence-corrected chi connectivity index (χ2v) is 9.13. The Morgan fingerprint density at radius 1 is 1.17 bits per heavy atom. The molecule has 0 saturated carbocycles. The summed E-state index contributed by atoms with van der Waals surface area (Å²) < 4.78 is 1.69. The monoisotopic (exact) mass is 485 g/mol. The lowest BCUT2D eigenvalue weighted by atomic mass is 9.98. The van der Waals surface area contributed by atoms with Crippen molar-refractivity contribution in [2.75, 3.05) is 22.9 Å². The zero-order chi connectivity index (χ0) is 25.2. The van der Waals surface area contributed by atoms with Gasteiger partial charge in [0.25, 0.3) is 5.91 Å². The number of anilines is 4. The average molecular weight is 486 g/mol. The predicted octanol–water partition coefficient (Wildman–Crippen LogP) is 1.35. The number of carbonyl (C=O) groups excluding carboxylic acids is 2. The average Bonchev–Trinajstić information content (AvgIpc) is 3.23. The molecule has 0 bridgehead atoms. The lowest BCUT2D eigenvalue weighted by Crippen LogP contribution is -2.30.